The molecule has 2 heterocycles. The Bertz CT molecular complexity index is 484. The maximum atomic E-state index is 12.3. The number of nitrogens with zero attached hydrogens (tertiary/aromatic N) is 2. The molecule has 1 aliphatic heterocycles. The highest BCUT2D eigenvalue weighted by Gasteiger charge is 2.31. The van der Waals surface area contributed by atoms with Gasteiger partial charge in [-0.3, -0.25) is 15.0 Å². The first-order valence-electron chi connectivity index (χ1n) is 5.02. The van der Waals surface area contributed by atoms with Crippen molar-refractivity contribution in [3.05, 3.63) is 23.9 Å². The average molecular weight is 259 g/mol. The lowest BCUT2D eigenvalue weighted by atomic mass is 10.2. The Morgan fingerprint density at radius 1 is 1.28 bits per heavy atom. The van der Waals surface area contributed by atoms with Crippen LogP contribution in [0, 0.1) is 0 Å². The first-order valence-corrected chi connectivity index (χ1v) is 5.02. The molecule has 0 bridgehead atoms. The number of aromatic nitrogens is 1. The standard InChI is InChI=1S/C10H8F3N3O2/c11-10(12,13)6-1-2-7(14-5-6)16-4-3-8(17)15-9(16)18/h1-2,5H,3-4H2,(H,15,17,18). The maximum Gasteiger partial charge on any atom is 0.417 e. The third-order valence-electron chi connectivity index (χ3n) is 2.41. The van der Waals surface area contributed by atoms with E-state index in [0.717, 1.165) is 17.0 Å². The van der Waals surface area contributed by atoms with E-state index in [1.165, 1.54) is 0 Å². The van der Waals surface area contributed by atoms with Gasteiger partial charge >= 0.3 is 12.2 Å². The Morgan fingerprint density at radius 2 is 2.00 bits per heavy atom. The second-order valence-corrected chi connectivity index (χ2v) is 3.66. The summed E-state index contributed by atoms with van der Waals surface area (Å²) < 4.78 is 36.9. The van der Waals surface area contributed by atoms with Gasteiger partial charge in [-0.05, 0) is 12.1 Å². The van der Waals surface area contributed by atoms with Crippen molar-refractivity contribution >= 4 is 17.8 Å². The zero-order valence-electron chi connectivity index (χ0n) is 8.99. The number of halogens is 3. The third kappa shape index (κ3) is 2.41. The molecule has 0 saturated carbocycles. The minimum absolute atomic E-state index is 0.0769. The molecule has 3 amide bonds. The van der Waals surface area contributed by atoms with Gasteiger partial charge in [-0.15, -0.1) is 0 Å². The van der Waals surface area contributed by atoms with Crippen LogP contribution in [-0.4, -0.2) is 23.5 Å². The normalized spacial score (nSPS) is 16.7. The lowest BCUT2D eigenvalue weighted by molar-refractivity contribution is -0.137. The van der Waals surface area contributed by atoms with E-state index in [4.69, 9.17) is 0 Å². The topological polar surface area (TPSA) is 62.3 Å². The van der Waals surface area contributed by atoms with Crippen LogP contribution in [-0.2, 0) is 11.0 Å². The lowest BCUT2D eigenvalue weighted by Gasteiger charge is -2.25. The van der Waals surface area contributed by atoms with Crippen LogP contribution in [0.1, 0.15) is 12.0 Å². The van der Waals surface area contributed by atoms with E-state index in [9.17, 15) is 22.8 Å². The summed E-state index contributed by atoms with van der Waals surface area (Å²) in [4.78, 5) is 27.0. The molecule has 0 spiro atoms. The number of imide groups is 1. The van der Waals surface area contributed by atoms with E-state index in [0.29, 0.717) is 6.20 Å². The zero-order chi connectivity index (χ0) is 13.3. The summed E-state index contributed by atoms with van der Waals surface area (Å²) in [6.07, 6.45) is -3.72. The van der Waals surface area contributed by atoms with Crippen molar-refractivity contribution < 1.29 is 22.8 Å². The number of hydrogen-bond acceptors (Lipinski definition) is 3. The highest BCUT2D eigenvalue weighted by molar-refractivity contribution is 6.05. The summed E-state index contributed by atoms with van der Waals surface area (Å²) in [6, 6.07) is 1.25. The van der Waals surface area contributed by atoms with Crippen LogP contribution in [0.2, 0.25) is 0 Å². The molecule has 8 heteroatoms. The molecule has 0 radical (unpaired) electrons. The first-order chi connectivity index (χ1) is 8.38. The van der Waals surface area contributed by atoms with Crippen molar-refractivity contribution in [3.8, 4) is 0 Å². The minimum Gasteiger partial charge on any atom is -0.278 e. The van der Waals surface area contributed by atoms with Crippen molar-refractivity contribution in [1.82, 2.24) is 10.3 Å². The molecule has 1 N–H and O–H groups in total. The van der Waals surface area contributed by atoms with Gasteiger partial charge in [-0.25, -0.2) is 9.78 Å². The van der Waals surface area contributed by atoms with Crippen LogP contribution >= 0.6 is 0 Å². The molecular weight excluding hydrogens is 251 g/mol. The van der Waals surface area contributed by atoms with Gasteiger partial charge in [-0.1, -0.05) is 0 Å². The number of hydrogen-bond donors (Lipinski definition) is 1. The van der Waals surface area contributed by atoms with E-state index in [2.05, 4.69) is 10.3 Å². The van der Waals surface area contributed by atoms with Gasteiger partial charge in [0.1, 0.15) is 5.82 Å². The summed E-state index contributed by atoms with van der Waals surface area (Å²) in [5, 5.41) is 2.06. The summed E-state index contributed by atoms with van der Waals surface area (Å²) >= 11 is 0. The second-order valence-electron chi connectivity index (χ2n) is 3.66. The van der Waals surface area contributed by atoms with Crippen molar-refractivity contribution in [2.24, 2.45) is 0 Å². The molecule has 0 aromatic carbocycles. The van der Waals surface area contributed by atoms with Gasteiger partial charge in [-0.2, -0.15) is 13.2 Å². The number of pyridine rings is 1. The molecule has 18 heavy (non-hydrogen) atoms. The first kappa shape index (κ1) is 12.3. The summed E-state index contributed by atoms with van der Waals surface area (Å²) in [5.74, 6) is -0.337. The van der Waals surface area contributed by atoms with Gasteiger partial charge in [0.25, 0.3) is 0 Å². The fourth-order valence-electron chi connectivity index (χ4n) is 1.50. The third-order valence-corrected chi connectivity index (χ3v) is 2.41. The molecule has 0 aliphatic carbocycles. The quantitative estimate of drug-likeness (QED) is 0.832. The molecule has 0 atom stereocenters. The Labute approximate surface area is 99.6 Å². The van der Waals surface area contributed by atoms with Crippen LogP contribution in [0.5, 0.6) is 0 Å². The molecular formula is C10H8F3N3O2. The van der Waals surface area contributed by atoms with Crippen LogP contribution in [0.25, 0.3) is 0 Å². The summed E-state index contributed by atoms with van der Waals surface area (Å²) in [6.45, 7) is 0.100. The fourth-order valence-corrected chi connectivity index (χ4v) is 1.50. The molecule has 1 aliphatic rings. The number of urea groups is 1. The molecule has 5 nitrogen and oxygen atoms in total. The fraction of sp³-hybridized carbons (Fsp3) is 0.300. The lowest BCUT2D eigenvalue weighted by Crippen LogP contribution is -2.49. The van der Waals surface area contributed by atoms with Crippen LogP contribution < -0.4 is 10.2 Å². The average Bonchev–Trinajstić information content (AvgIpc) is 2.28. The number of alkyl halides is 3. The Hall–Kier alpha value is -2.12. The van der Waals surface area contributed by atoms with Gasteiger partial charge < -0.3 is 0 Å². The SMILES string of the molecule is O=C1CCN(c2ccc(C(F)(F)F)cn2)C(=O)N1. The van der Waals surface area contributed by atoms with Gasteiger partial charge in [0.15, 0.2) is 0 Å². The summed E-state index contributed by atoms with van der Waals surface area (Å²) in [5.41, 5.74) is -0.889. The van der Waals surface area contributed by atoms with Crippen LogP contribution in [0.15, 0.2) is 18.3 Å². The molecule has 1 aromatic heterocycles. The number of rotatable bonds is 1. The molecule has 1 fully saturated rings. The smallest absolute Gasteiger partial charge is 0.278 e. The van der Waals surface area contributed by atoms with Gasteiger partial charge in [0, 0.05) is 19.2 Å². The second kappa shape index (κ2) is 4.28. The van der Waals surface area contributed by atoms with Crippen LogP contribution in [0.3, 0.4) is 0 Å². The zero-order valence-corrected chi connectivity index (χ0v) is 8.99. The number of nitrogens with one attached hydrogen (secondary N) is 1. The van der Waals surface area contributed by atoms with Crippen LogP contribution in [0.4, 0.5) is 23.8 Å². The Balaban J connectivity index is 2.20. The molecule has 2 rings (SSSR count). The number of anilines is 1. The molecule has 0 unspecified atom stereocenters. The van der Waals surface area contributed by atoms with E-state index in [-0.39, 0.29) is 18.8 Å². The predicted molar refractivity (Wildman–Crippen MR) is 54.7 cm³/mol. The van der Waals surface area contributed by atoms with Gasteiger partial charge in [0.2, 0.25) is 5.91 Å². The van der Waals surface area contributed by atoms with E-state index >= 15 is 0 Å². The van der Waals surface area contributed by atoms with E-state index < -0.39 is 23.7 Å². The highest BCUT2D eigenvalue weighted by Crippen LogP contribution is 2.29. The summed E-state index contributed by atoms with van der Waals surface area (Å²) in [7, 11) is 0. The highest BCUT2D eigenvalue weighted by atomic mass is 19.4. The van der Waals surface area contributed by atoms with Crippen molar-refractivity contribution in [3.63, 3.8) is 0 Å². The van der Waals surface area contributed by atoms with Crippen molar-refractivity contribution in [2.45, 2.75) is 12.6 Å². The Kier molecular flexibility index (Phi) is 2.93. The largest absolute Gasteiger partial charge is 0.417 e. The van der Waals surface area contributed by atoms with Gasteiger partial charge in [0.05, 0.1) is 5.56 Å². The predicted octanol–water partition coefficient (Wildman–Crippen LogP) is 1.55. The van der Waals surface area contributed by atoms with Crippen molar-refractivity contribution in [2.75, 3.05) is 11.4 Å². The maximum absolute atomic E-state index is 12.3. The Morgan fingerprint density at radius 3 is 2.50 bits per heavy atom. The van der Waals surface area contributed by atoms with E-state index in [1.54, 1.807) is 0 Å². The number of carbonyl (C=O) groups excluding carboxylic acids is 2. The number of amides is 3. The number of carbonyl (C=O) groups is 2. The minimum atomic E-state index is -4.47. The molecule has 96 valence electrons. The van der Waals surface area contributed by atoms with E-state index in [1.807, 2.05) is 0 Å². The molecule has 1 aromatic rings. The molecule has 1 saturated heterocycles. The monoisotopic (exact) mass is 259 g/mol. The van der Waals surface area contributed by atoms with Crippen molar-refractivity contribution in [1.29, 1.82) is 0 Å².